The number of thioether (sulfide) groups is 1. The van der Waals surface area contributed by atoms with Gasteiger partial charge in [-0.1, -0.05) is 171 Å². The van der Waals surface area contributed by atoms with Gasteiger partial charge in [-0.05, 0) is 156 Å². The fourth-order valence-electron chi connectivity index (χ4n) is 13.1. The van der Waals surface area contributed by atoms with Crippen molar-refractivity contribution in [3.63, 3.8) is 0 Å². The summed E-state index contributed by atoms with van der Waals surface area (Å²) in [6, 6.07) is 54.0. The van der Waals surface area contributed by atoms with Gasteiger partial charge < -0.3 is 9.88 Å². The third-order valence-electron chi connectivity index (χ3n) is 17.4. The van der Waals surface area contributed by atoms with Crippen LogP contribution in [0, 0.1) is 0 Å². The maximum Gasteiger partial charge on any atom is 0.198 e. The van der Waals surface area contributed by atoms with Gasteiger partial charge in [-0.25, -0.2) is 0 Å². The van der Waals surface area contributed by atoms with Crippen LogP contribution in [-0.4, -0.2) is 11.8 Å². The first kappa shape index (κ1) is 44.2. The molecule has 0 radical (unpaired) electrons. The first-order chi connectivity index (χ1) is 34.4. The summed E-state index contributed by atoms with van der Waals surface area (Å²) in [7, 11) is 0.811. The van der Waals surface area contributed by atoms with Crippen LogP contribution in [-0.2, 0) is 21.7 Å². The van der Waals surface area contributed by atoms with Crippen molar-refractivity contribution < 1.29 is 0 Å². The lowest BCUT2D eigenvalue weighted by atomic mass is 9.58. The summed E-state index contributed by atoms with van der Waals surface area (Å²) in [4.78, 5) is 2.50. The molecule has 14 rings (SSSR count). The molecule has 4 aliphatic rings. The standard InChI is InChI=1S/C67H59BN2S2/c1-37-28-59(38-16-12-11-13-17-38)72-61-36-57-54(31-44(37)61)68-62-42(24-25-43-48-33-60-49(32-56(48)70(57)63(43)62)41-18-14-15-19-58(41)71-60)47-29-45-46-30-52-53(66(7,8)27-26-65(52,5)6)34-50(46)67(9,10)51(45)35-55(47)69-40-22-20-39(21-23-40)64(2,3)4/h11-25,28-36,68-69H,1,26-27H2,2-10H3. The van der Waals surface area contributed by atoms with Gasteiger partial charge in [0.1, 0.15) is 0 Å². The minimum Gasteiger partial charge on any atom is -0.355 e. The number of aromatic nitrogens is 1. The zero-order valence-corrected chi connectivity index (χ0v) is 44.6. The Morgan fingerprint density at radius 2 is 1.31 bits per heavy atom. The van der Waals surface area contributed by atoms with Crippen LogP contribution in [0.3, 0.4) is 0 Å². The summed E-state index contributed by atoms with van der Waals surface area (Å²) in [5.74, 6) is 0. The van der Waals surface area contributed by atoms with E-state index in [1.807, 2.05) is 23.1 Å². The van der Waals surface area contributed by atoms with Crippen LogP contribution in [0.4, 0.5) is 11.4 Å². The molecule has 0 unspecified atom stereocenters. The van der Waals surface area contributed by atoms with Crippen molar-refractivity contribution in [2.75, 3.05) is 5.32 Å². The maximum atomic E-state index is 4.70. The molecule has 2 aliphatic heterocycles. The quantitative estimate of drug-likeness (QED) is 0.177. The number of rotatable bonds is 4. The van der Waals surface area contributed by atoms with E-state index in [2.05, 4.69) is 218 Å². The number of benzene rings is 8. The Hall–Kier alpha value is -6.53. The summed E-state index contributed by atoms with van der Waals surface area (Å²) >= 11 is 3.78. The Morgan fingerprint density at radius 3 is 2.07 bits per heavy atom. The molecule has 2 nitrogen and oxygen atoms in total. The van der Waals surface area contributed by atoms with Gasteiger partial charge in [-0.3, -0.25) is 0 Å². The van der Waals surface area contributed by atoms with E-state index < -0.39 is 0 Å². The van der Waals surface area contributed by atoms with Gasteiger partial charge in [0.05, 0.1) is 5.52 Å². The van der Waals surface area contributed by atoms with E-state index in [4.69, 9.17) is 6.58 Å². The zero-order chi connectivity index (χ0) is 49.4. The first-order valence-corrected chi connectivity index (χ1v) is 27.6. The number of anilines is 2. The molecule has 0 amide bonds. The molecule has 1 N–H and O–H groups in total. The summed E-state index contributed by atoms with van der Waals surface area (Å²) < 4.78 is 5.30. The van der Waals surface area contributed by atoms with Crippen LogP contribution in [0.5, 0.6) is 0 Å². The van der Waals surface area contributed by atoms with Crippen molar-refractivity contribution in [3.8, 4) is 27.9 Å². The van der Waals surface area contributed by atoms with Gasteiger partial charge in [-0.2, -0.15) is 0 Å². The smallest absolute Gasteiger partial charge is 0.198 e. The van der Waals surface area contributed by atoms with E-state index >= 15 is 0 Å². The molecule has 0 bridgehead atoms. The molecule has 0 saturated heterocycles. The Balaban J connectivity index is 1.03. The number of nitrogens with zero attached hydrogens (tertiary/aromatic N) is 1. The van der Waals surface area contributed by atoms with Gasteiger partial charge >= 0.3 is 0 Å². The Bertz CT molecular complexity index is 4070. The minimum absolute atomic E-state index is 0.0646. The molecule has 0 fully saturated rings. The molecule has 0 saturated carbocycles. The largest absolute Gasteiger partial charge is 0.355 e. The van der Waals surface area contributed by atoms with Crippen LogP contribution in [0.1, 0.15) is 114 Å². The lowest BCUT2D eigenvalue weighted by Gasteiger charge is -2.42. The number of hydrogen-bond acceptors (Lipinski definition) is 3. The Labute approximate surface area is 433 Å². The molecular formula is C67H59BN2S2. The van der Waals surface area contributed by atoms with Crippen molar-refractivity contribution >= 4 is 105 Å². The number of nitrogens with one attached hydrogen (secondary N) is 1. The molecule has 10 aromatic rings. The van der Waals surface area contributed by atoms with Crippen molar-refractivity contribution in [1.82, 2.24) is 4.57 Å². The Morgan fingerprint density at radius 1 is 0.597 bits per heavy atom. The maximum absolute atomic E-state index is 4.70. The van der Waals surface area contributed by atoms with Crippen molar-refractivity contribution in [3.05, 3.63) is 191 Å². The minimum atomic E-state index is -0.183. The lowest BCUT2D eigenvalue weighted by molar-refractivity contribution is 0.331. The molecule has 72 heavy (non-hydrogen) atoms. The van der Waals surface area contributed by atoms with E-state index in [9.17, 15) is 0 Å². The molecule has 8 aromatic carbocycles. The van der Waals surface area contributed by atoms with Gasteiger partial charge in [-0.15, -0.1) is 11.3 Å². The van der Waals surface area contributed by atoms with E-state index in [-0.39, 0.29) is 21.7 Å². The van der Waals surface area contributed by atoms with Crippen molar-refractivity contribution in [1.29, 1.82) is 0 Å². The fourth-order valence-corrected chi connectivity index (χ4v) is 15.4. The topological polar surface area (TPSA) is 17.0 Å². The van der Waals surface area contributed by atoms with Gasteiger partial charge in [0, 0.05) is 74.3 Å². The number of allylic oxidation sites excluding steroid dienone is 2. The lowest BCUT2D eigenvalue weighted by Crippen LogP contribution is -2.37. The molecule has 2 aliphatic carbocycles. The van der Waals surface area contributed by atoms with Gasteiger partial charge in [0.25, 0.3) is 0 Å². The second-order valence-corrected chi connectivity index (χ2v) is 26.3. The fraction of sp³-hybridized carbons (Fsp3) is 0.224. The predicted octanol–water partition coefficient (Wildman–Crippen LogP) is 17.4. The van der Waals surface area contributed by atoms with Crippen molar-refractivity contribution in [2.24, 2.45) is 0 Å². The molecule has 4 heterocycles. The van der Waals surface area contributed by atoms with E-state index in [0.29, 0.717) is 0 Å². The molecule has 0 atom stereocenters. The normalized spacial score (nSPS) is 16.8. The Kier molecular flexibility index (Phi) is 9.23. The van der Waals surface area contributed by atoms with E-state index in [0.717, 1.165) is 24.2 Å². The average Bonchev–Trinajstić information content (AvgIpc) is 3.96. The summed E-state index contributed by atoms with van der Waals surface area (Å²) in [5.41, 5.74) is 24.9. The molecule has 0 spiro atoms. The summed E-state index contributed by atoms with van der Waals surface area (Å²) in [5, 5.41) is 9.34. The highest BCUT2D eigenvalue weighted by Crippen LogP contribution is 2.57. The second-order valence-electron chi connectivity index (χ2n) is 24.2. The number of fused-ring (bicyclic) bond motifs is 13. The second kappa shape index (κ2) is 15.0. The molecule has 2 aromatic heterocycles. The first-order valence-electron chi connectivity index (χ1n) is 25.9. The SMILES string of the molecule is C=C1C=C(c2ccccc2)Sc2cc3c(cc21)Bc1c(-c2cc4c(cc2Nc2ccc(C(C)(C)C)cc2)C(C)(C)c2cc5c(cc2-4)C(C)(C)CCC5(C)C)ccc2c4cc5sc6ccccc6c5cc4n-3c12. The predicted molar refractivity (Wildman–Crippen MR) is 316 cm³/mol. The molecule has 352 valence electrons. The molecular weight excluding hydrogens is 908 g/mol. The summed E-state index contributed by atoms with van der Waals surface area (Å²) in [6.07, 6.45) is 4.68. The highest BCUT2D eigenvalue weighted by molar-refractivity contribution is 8.08. The highest BCUT2D eigenvalue weighted by Gasteiger charge is 2.43. The van der Waals surface area contributed by atoms with E-state index in [1.54, 1.807) is 0 Å². The third kappa shape index (κ3) is 6.42. The average molecular weight is 967 g/mol. The third-order valence-corrected chi connectivity index (χ3v) is 19.6. The van der Waals surface area contributed by atoms with E-state index in [1.165, 1.54) is 142 Å². The number of hydrogen-bond donors (Lipinski definition) is 1. The van der Waals surface area contributed by atoms with Crippen LogP contribution in [0.15, 0.2) is 157 Å². The van der Waals surface area contributed by atoms with Crippen LogP contribution in [0.25, 0.3) is 80.4 Å². The molecule has 5 heteroatoms. The van der Waals surface area contributed by atoms with Gasteiger partial charge in [0.2, 0.25) is 0 Å². The summed E-state index contributed by atoms with van der Waals surface area (Å²) in [6.45, 7) is 26.3. The van der Waals surface area contributed by atoms with Gasteiger partial charge in [0.15, 0.2) is 7.28 Å². The zero-order valence-electron chi connectivity index (χ0n) is 42.9. The number of thiophene rings is 1. The highest BCUT2D eigenvalue weighted by atomic mass is 32.2. The van der Waals surface area contributed by atoms with Crippen LogP contribution < -0.4 is 16.2 Å². The van der Waals surface area contributed by atoms with Crippen LogP contribution >= 0.6 is 23.1 Å². The van der Waals surface area contributed by atoms with Crippen molar-refractivity contribution in [2.45, 2.75) is 102 Å². The monoisotopic (exact) mass is 966 g/mol. The van der Waals surface area contributed by atoms with Crippen LogP contribution in [0.2, 0.25) is 0 Å².